The predicted molar refractivity (Wildman–Crippen MR) is 82.1 cm³/mol. The first-order valence-corrected chi connectivity index (χ1v) is 8.86. The summed E-state index contributed by atoms with van der Waals surface area (Å²) in [4.78, 5) is 11.0. The predicted octanol–water partition coefficient (Wildman–Crippen LogP) is 2.36. The molecule has 0 radical (unpaired) electrons. The van der Waals surface area contributed by atoms with Gasteiger partial charge in [0.05, 0.1) is 29.5 Å². The average Bonchev–Trinajstić information content (AvgIpc) is 2.44. The lowest BCUT2D eigenvalue weighted by atomic mass is 10.2. The average molecular weight is 381 g/mol. The first-order chi connectivity index (χ1) is 9.80. The van der Waals surface area contributed by atoms with Gasteiger partial charge in [-0.2, -0.15) is 0 Å². The molecule has 0 saturated carbocycles. The minimum absolute atomic E-state index is 0.0522. The zero-order chi connectivity index (χ0) is 16.0. The Bertz CT molecular complexity index is 611. The third kappa shape index (κ3) is 5.20. The first kappa shape index (κ1) is 17.8. The molecule has 0 heterocycles. The van der Waals surface area contributed by atoms with E-state index < -0.39 is 15.8 Å². The number of hydrogen-bond donors (Lipinski definition) is 1. The third-order valence-corrected chi connectivity index (χ3v) is 5.14. The molecular weight excluding hydrogens is 364 g/mol. The van der Waals surface area contributed by atoms with Gasteiger partial charge in [0.25, 0.3) is 0 Å². The Morgan fingerprint density at radius 3 is 2.57 bits per heavy atom. The van der Waals surface area contributed by atoms with Gasteiger partial charge in [-0.1, -0.05) is 6.92 Å². The van der Waals surface area contributed by atoms with Crippen molar-refractivity contribution >= 4 is 31.7 Å². The normalized spacial score (nSPS) is 11.2. The molecule has 0 aliphatic rings. The highest BCUT2D eigenvalue weighted by molar-refractivity contribution is 9.10. The summed E-state index contributed by atoms with van der Waals surface area (Å²) in [7, 11) is -1.61. The molecule has 1 N–H and O–H groups in total. The van der Waals surface area contributed by atoms with Crippen molar-refractivity contribution in [1.82, 2.24) is 0 Å². The van der Waals surface area contributed by atoms with Crippen molar-refractivity contribution in [2.24, 2.45) is 0 Å². The monoisotopic (exact) mass is 380 g/mol. The number of carbonyl (C=O) groups is 1. The van der Waals surface area contributed by atoms with Crippen molar-refractivity contribution in [2.45, 2.75) is 13.3 Å². The number of ether oxygens (including phenoxy) is 2. The zero-order valence-corrected chi connectivity index (χ0v) is 14.2. The topological polar surface area (TPSA) is 89.9 Å². The Morgan fingerprint density at radius 1 is 1.38 bits per heavy atom. The number of methoxy groups -OCH3 is 1. The van der Waals surface area contributed by atoms with E-state index >= 15 is 0 Å². The molecule has 0 atom stereocenters. The summed E-state index contributed by atoms with van der Waals surface area (Å²) in [6.07, 6.45) is 0.354. The third-order valence-electron chi connectivity index (χ3n) is 2.76. The number of halogens is 1. The van der Waals surface area contributed by atoms with Gasteiger partial charge in [0.2, 0.25) is 0 Å². The van der Waals surface area contributed by atoms with Crippen LogP contribution in [0, 0.1) is 0 Å². The van der Waals surface area contributed by atoms with Crippen molar-refractivity contribution < 1.29 is 27.8 Å². The van der Waals surface area contributed by atoms with Gasteiger partial charge in [-0.3, -0.25) is 0 Å². The molecule has 8 heteroatoms. The summed E-state index contributed by atoms with van der Waals surface area (Å²) in [6.45, 7) is 1.79. The van der Waals surface area contributed by atoms with Gasteiger partial charge in [-0.15, -0.1) is 0 Å². The summed E-state index contributed by atoms with van der Waals surface area (Å²) in [6, 6.07) is 2.76. The molecule has 1 rings (SSSR count). The molecule has 0 aliphatic heterocycles. The minimum atomic E-state index is -3.02. The van der Waals surface area contributed by atoms with Crippen LogP contribution in [0.25, 0.3) is 0 Å². The van der Waals surface area contributed by atoms with Crippen LogP contribution in [0.15, 0.2) is 16.6 Å². The van der Waals surface area contributed by atoms with Crippen molar-refractivity contribution in [1.29, 1.82) is 0 Å². The van der Waals surface area contributed by atoms with Crippen LogP contribution in [0.3, 0.4) is 0 Å². The van der Waals surface area contributed by atoms with E-state index in [1.807, 2.05) is 0 Å². The second-order valence-corrected chi connectivity index (χ2v) is 7.56. The summed E-state index contributed by atoms with van der Waals surface area (Å²) >= 11 is 3.23. The molecule has 0 unspecified atom stereocenters. The van der Waals surface area contributed by atoms with Crippen LogP contribution in [0.5, 0.6) is 11.5 Å². The van der Waals surface area contributed by atoms with Gasteiger partial charge in [0.1, 0.15) is 9.84 Å². The van der Waals surface area contributed by atoms with E-state index in [9.17, 15) is 13.2 Å². The zero-order valence-electron chi connectivity index (χ0n) is 11.8. The lowest BCUT2D eigenvalue weighted by Crippen LogP contribution is -2.12. The number of aromatic carboxylic acids is 1. The van der Waals surface area contributed by atoms with E-state index in [1.54, 1.807) is 6.92 Å². The molecular formula is C13H17BrO6S. The molecule has 21 heavy (non-hydrogen) atoms. The molecule has 0 spiro atoms. The van der Waals surface area contributed by atoms with Gasteiger partial charge in [-0.05, 0) is 34.5 Å². The number of hydrogen-bond acceptors (Lipinski definition) is 5. The van der Waals surface area contributed by atoms with Crippen molar-refractivity contribution in [2.75, 3.05) is 25.2 Å². The molecule has 0 bridgehead atoms. The van der Waals surface area contributed by atoms with Crippen LogP contribution in [-0.4, -0.2) is 44.7 Å². The van der Waals surface area contributed by atoms with E-state index in [2.05, 4.69) is 15.9 Å². The van der Waals surface area contributed by atoms with Gasteiger partial charge in [-0.25, -0.2) is 13.2 Å². The van der Waals surface area contributed by atoms with E-state index in [0.29, 0.717) is 16.6 Å². The van der Waals surface area contributed by atoms with Crippen LogP contribution in [0.4, 0.5) is 0 Å². The number of carboxylic acid groups (broad SMARTS) is 1. The highest BCUT2D eigenvalue weighted by Gasteiger charge is 2.15. The van der Waals surface area contributed by atoms with Crippen LogP contribution >= 0.6 is 15.9 Å². The quantitative estimate of drug-likeness (QED) is 0.696. The molecule has 1 aromatic carbocycles. The molecule has 0 aromatic heterocycles. The molecule has 0 amide bonds. The Labute approximate surface area is 132 Å². The Hall–Kier alpha value is -1.28. The van der Waals surface area contributed by atoms with Crippen molar-refractivity contribution in [3.8, 4) is 11.5 Å². The molecule has 0 saturated heterocycles. The van der Waals surface area contributed by atoms with E-state index in [1.165, 1.54) is 19.2 Å². The maximum absolute atomic E-state index is 11.4. The van der Waals surface area contributed by atoms with Crippen LogP contribution in [-0.2, 0) is 9.84 Å². The number of benzene rings is 1. The van der Waals surface area contributed by atoms with Gasteiger partial charge >= 0.3 is 5.97 Å². The van der Waals surface area contributed by atoms with Crippen LogP contribution in [0.2, 0.25) is 0 Å². The van der Waals surface area contributed by atoms with Gasteiger partial charge < -0.3 is 14.6 Å². The lowest BCUT2D eigenvalue weighted by Gasteiger charge is -2.13. The summed E-state index contributed by atoms with van der Waals surface area (Å²) < 4.78 is 33.8. The molecule has 0 aliphatic carbocycles. The maximum Gasteiger partial charge on any atom is 0.335 e. The van der Waals surface area contributed by atoms with Gasteiger partial charge in [0, 0.05) is 5.75 Å². The van der Waals surface area contributed by atoms with Gasteiger partial charge in [0.15, 0.2) is 11.5 Å². The fraction of sp³-hybridized carbons (Fsp3) is 0.462. The van der Waals surface area contributed by atoms with Crippen LogP contribution < -0.4 is 9.47 Å². The molecule has 118 valence electrons. The van der Waals surface area contributed by atoms with Crippen molar-refractivity contribution in [3.05, 3.63) is 22.2 Å². The molecule has 6 nitrogen and oxygen atoms in total. The fourth-order valence-electron chi connectivity index (χ4n) is 1.58. The maximum atomic E-state index is 11.4. The molecule has 0 fully saturated rings. The van der Waals surface area contributed by atoms with Crippen molar-refractivity contribution in [3.63, 3.8) is 0 Å². The Kier molecular flexibility index (Phi) is 6.47. The number of rotatable bonds is 8. The Balaban J connectivity index is 2.77. The summed E-state index contributed by atoms with van der Waals surface area (Å²) in [5.74, 6) is -0.282. The SMILES string of the molecule is CCS(=O)(=O)CCCOc1c(Br)cc(C(=O)O)cc1OC. The minimum Gasteiger partial charge on any atom is -0.493 e. The van der Waals surface area contributed by atoms with E-state index in [4.69, 9.17) is 14.6 Å². The second kappa shape index (κ2) is 7.65. The van der Waals surface area contributed by atoms with E-state index in [0.717, 1.165) is 0 Å². The Morgan fingerprint density at radius 2 is 2.05 bits per heavy atom. The largest absolute Gasteiger partial charge is 0.493 e. The summed E-state index contributed by atoms with van der Waals surface area (Å²) in [5, 5.41) is 8.97. The molecule has 1 aromatic rings. The standard InChI is InChI=1S/C13H17BrO6S/c1-3-21(17,18)6-4-5-20-12-10(14)7-9(13(15)16)8-11(12)19-2/h7-8H,3-6H2,1-2H3,(H,15,16). The second-order valence-electron chi connectivity index (χ2n) is 4.23. The highest BCUT2D eigenvalue weighted by atomic mass is 79.9. The van der Waals surface area contributed by atoms with Crippen LogP contribution in [0.1, 0.15) is 23.7 Å². The fourth-order valence-corrected chi connectivity index (χ4v) is 2.98. The lowest BCUT2D eigenvalue weighted by molar-refractivity contribution is 0.0696. The van der Waals surface area contributed by atoms with E-state index in [-0.39, 0.29) is 29.4 Å². The highest BCUT2D eigenvalue weighted by Crippen LogP contribution is 2.36. The number of carboxylic acids is 1. The first-order valence-electron chi connectivity index (χ1n) is 6.24. The smallest absolute Gasteiger partial charge is 0.335 e. The number of sulfone groups is 1. The summed E-state index contributed by atoms with van der Waals surface area (Å²) in [5.41, 5.74) is 0.0691.